The quantitative estimate of drug-likeness (QED) is 0.745. The van der Waals surface area contributed by atoms with Crippen molar-refractivity contribution in [1.82, 2.24) is 19.2 Å². The summed E-state index contributed by atoms with van der Waals surface area (Å²) in [4.78, 5) is 10.3. The first kappa shape index (κ1) is 13.3. The molecular formula is C10H15FN4O2S. The molecule has 0 aliphatic carbocycles. The van der Waals surface area contributed by atoms with E-state index in [2.05, 4.69) is 14.9 Å². The van der Waals surface area contributed by atoms with E-state index in [1.165, 1.54) is 0 Å². The second-order valence-corrected chi connectivity index (χ2v) is 5.52. The Balaban J connectivity index is 1.98. The predicted molar refractivity (Wildman–Crippen MR) is 63.6 cm³/mol. The van der Waals surface area contributed by atoms with Gasteiger partial charge in [-0.3, -0.25) is 14.9 Å². The van der Waals surface area contributed by atoms with Gasteiger partial charge in [-0.15, -0.1) is 0 Å². The second kappa shape index (κ2) is 5.25. The molecule has 0 radical (unpaired) electrons. The molecule has 1 aliphatic heterocycles. The molecule has 1 atom stereocenters. The van der Waals surface area contributed by atoms with E-state index in [9.17, 15) is 12.3 Å². The fraction of sp³-hybridized carbons (Fsp3) is 0.600. The molecule has 1 aromatic heterocycles. The lowest BCUT2D eigenvalue weighted by Gasteiger charge is -2.35. The average Bonchev–Trinajstić information content (AvgIpc) is 2.38. The van der Waals surface area contributed by atoms with Crippen LogP contribution in [0.2, 0.25) is 0 Å². The highest BCUT2D eigenvalue weighted by Gasteiger charge is 2.29. The molecule has 8 heteroatoms. The molecule has 0 aromatic carbocycles. The van der Waals surface area contributed by atoms with Gasteiger partial charge in [-0.2, -0.15) is 12.7 Å². The summed E-state index contributed by atoms with van der Waals surface area (Å²) >= 11 is 0. The van der Waals surface area contributed by atoms with Crippen molar-refractivity contribution in [2.24, 2.45) is 0 Å². The van der Waals surface area contributed by atoms with Crippen LogP contribution in [0.4, 0.5) is 3.89 Å². The molecule has 1 aromatic rings. The van der Waals surface area contributed by atoms with Crippen LogP contribution >= 0.6 is 0 Å². The zero-order valence-electron chi connectivity index (χ0n) is 10.0. The summed E-state index contributed by atoms with van der Waals surface area (Å²) in [5.41, 5.74) is 0.828. The highest BCUT2D eigenvalue weighted by atomic mass is 32.3. The number of nitrogens with zero attached hydrogens (tertiary/aromatic N) is 4. The lowest BCUT2D eigenvalue weighted by molar-refractivity contribution is 0.140. The normalized spacial score (nSPS) is 20.8. The minimum Gasteiger partial charge on any atom is -0.292 e. The molecule has 1 aliphatic rings. The fourth-order valence-electron chi connectivity index (χ4n) is 2.02. The maximum Gasteiger partial charge on any atom is 0.374 e. The highest BCUT2D eigenvalue weighted by Crippen LogP contribution is 2.20. The molecule has 0 bridgehead atoms. The Bertz CT molecular complexity index is 488. The smallest absolute Gasteiger partial charge is 0.292 e. The number of halogens is 1. The first-order valence-electron chi connectivity index (χ1n) is 5.68. The first-order valence-corrected chi connectivity index (χ1v) is 7.02. The Morgan fingerprint density at radius 3 is 2.44 bits per heavy atom. The number of hydrogen-bond acceptors (Lipinski definition) is 5. The van der Waals surface area contributed by atoms with Gasteiger partial charge in [-0.25, -0.2) is 0 Å². The standard InChI is InChI=1S/C10H15FN4O2S/c1-9(10-8-12-2-3-13-10)14-4-6-15(7-5-14)18(11,16)17/h2-3,8-9H,4-7H2,1H3. The van der Waals surface area contributed by atoms with Crippen LogP contribution in [-0.2, 0) is 10.4 Å². The van der Waals surface area contributed by atoms with Crippen molar-refractivity contribution in [2.75, 3.05) is 26.2 Å². The summed E-state index contributed by atoms with van der Waals surface area (Å²) < 4.78 is 35.1. The molecule has 0 amide bonds. The predicted octanol–water partition coefficient (Wildman–Crippen LogP) is 0.370. The fourth-order valence-corrected chi connectivity index (χ4v) is 2.62. The van der Waals surface area contributed by atoms with Gasteiger partial charge in [0.05, 0.1) is 11.7 Å². The summed E-state index contributed by atoms with van der Waals surface area (Å²) in [6.45, 7) is 3.29. The Morgan fingerprint density at radius 1 is 1.28 bits per heavy atom. The van der Waals surface area contributed by atoms with Crippen LogP contribution in [0.5, 0.6) is 0 Å². The molecule has 0 spiro atoms. The van der Waals surface area contributed by atoms with Crippen molar-refractivity contribution >= 4 is 10.4 Å². The van der Waals surface area contributed by atoms with Gasteiger partial charge in [-0.05, 0) is 6.92 Å². The maximum atomic E-state index is 12.8. The Kier molecular flexibility index (Phi) is 3.88. The third-order valence-electron chi connectivity index (χ3n) is 3.14. The summed E-state index contributed by atoms with van der Waals surface area (Å²) in [6, 6.07) is 0.0446. The van der Waals surface area contributed by atoms with E-state index in [1.807, 2.05) is 6.92 Å². The van der Waals surface area contributed by atoms with E-state index in [1.54, 1.807) is 18.6 Å². The first-order chi connectivity index (χ1) is 8.48. The SMILES string of the molecule is CC(c1cnccn1)N1CCN(S(=O)(=O)F)CC1. The van der Waals surface area contributed by atoms with Crippen molar-refractivity contribution in [3.05, 3.63) is 24.3 Å². The zero-order chi connectivity index (χ0) is 13.2. The molecule has 0 N–H and O–H groups in total. The largest absolute Gasteiger partial charge is 0.374 e. The number of hydrogen-bond donors (Lipinski definition) is 0. The van der Waals surface area contributed by atoms with Crippen molar-refractivity contribution < 1.29 is 12.3 Å². The van der Waals surface area contributed by atoms with Crippen LogP contribution in [0.3, 0.4) is 0 Å². The monoisotopic (exact) mass is 274 g/mol. The lowest BCUT2D eigenvalue weighted by Crippen LogP contribution is -2.48. The van der Waals surface area contributed by atoms with Crippen molar-refractivity contribution in [3.63, 3.8) is 0 Å². The molecule has 100 valence electrons. The topological polar surface area (TPSA) is 66.4 Å². The minimum atomic E-state index is -4.56. The molecule has 1 unspecified atom stereocenters. The Morgan fingerprint density at radius 2 is 1.94 bits per heavy atom. The summed E-state index contributed by atoms with van der Waals surface area (Å²) in [5.74, 6) is 0. The van der Waals surface area contributed by atoms with E-state index in [4.69, 9.17) is 0 Å². The van der Waals surface area contributed by atoms with Gasteiger partial charge in [0.1, 0.15) is 0 Å². The third-order valence-corrected chi connectivity index (χ3v) is 4.12. The van der Waals surface area contributed by atoms with E-state index in [0.29, 0.717) is 13.1 Å². The van der Waals surface area contributed by atoms with Gasteiger partial charge in [0.2, 0.25) is 0 Å². The number of aromatic nitrogens is 2. The van der Waals surface area contributed by atoms with E-state index < -0.39 is 10.4 Å². The van der Waals surface area contributed by atoms with Crippen LogP contribution in [0, 0.1) is 0 Å². The van der Waals surface area contributed by atoms with Gasteiger partial charge < -0.3 is 0 Å². The molecule has 1 fully saturated rings. The van der Waals surface area contributed by atoms with Crippen molar-refractivity contribution in [3.8, 4) is 0 Å². The Hall–Kier alpha value is -1.12. The summed E-state index contributed by atoms with van der Waals surface area (Å²) in [5, 5.41) is 0. The minimum absolute atomic E-state index is 0.0446. The van der Waals surface area contributed by atoms with Crippen LogP contribution in [-0.4, -0.2) is 53.8 Å². The summed E-state index contributed by atoms with van der Waals surface area (Å²) in [7, 11) is -4.56. The van der Waals surface area contributed by atoms with E-state index in [-0.39, 0.29) is 19.1 Å². The van der Waals surface area contributed by atoms with Crippen LogP contribution in [0.15, 0.2) is 18.6 Å². The maximum absolute atomic E-state index is 12.8. The molecule has 0 saturated carbocycles. The average molecular weight is 274 g/mol. The molecule has 2 heterocycles. The number of rotatable bonds is 3. The molecule has 1 saturated heterocycles. The molecule has 6 nitrogen and oxygen atoms in total. The van der Waals surface area contributed by atoms with Crippen LogP contribution in [0.1, 0.15) is 18.7 Å². The van der Waals surface area contributed by atoms with Gasteiger partial charge >= 0.3 is 10.4 Å². The van der Waals surface area contributed by atoms with E-state index >= 15 is 0 Å². The Labute approximate surface area is 106 Å². The molecular weight excluding hydrogens is 259 g/mol. The van der Waals surface area contributed by atoms with Gasteiger partial charge in [0.25, 0.3) is 0 Å². The van der Waals surface area contributed by atoms with Gasteiger partial charge in [0, 0.05) is 44.8 Å². The van der Waals surface area contributed by atoms with Crippen LogP contribution in [0.25, 0.3) is 0 Å². The van der Waals surface area contributed by atoms with Crippen molar-refractivity contribution in [2.45, 2.75) is 13.0 Å². The highest BCUT2D eigenvalue weighted by molar-refractivity contribution is 7.83. The second-order valence-electron chi connectivity index (χ2n) is 4.18. The third kappa shape index (κ3) is 3.01. The molecule has 2 rings (SSSR count). The number of piperazine rings is 1. The zero-order valence-corrected chi connectivity index (χ0v) is 10.8. The van der Waals surface area contributed by atoms with Crippen molar-refractivity contribution in [1.29, 1.82) is 0 Å². The van der Waals surface area contributed by atoms with Gasteiger partial charge in [-0.1, -0.05) is 3.89 Å². The molecule has 18 heavy (non-hydrogen) atoms. The summed E-state index contributed by atoms with van der Waals surface area (Å²) in [6.07, 6.45) is 4.90. The van der Waals surface area contributed by atoms with Crippen LogP contribution < -0.4 is 0 Å². The van der Waals surface area contributed by atoms with Gasteiger partial charge in [0.15, 0.2) is 0 Å². The lowest BCUT2D eigenvalue weighted by atomic mass is 10.2. The van der Waals surface area contributed by atoms with E-state index in [0.717, 1.165) is 10.00 Å².